The second kappa shape index (κ2) is 9.48. The van der Waals surface area contributed by atoms with Gasteiger partial charge in [-0.1, -0.05) is 50.1 Å². The molecular formula is C18H14Br2O5. The van der Waals surface area contributed by atoms with E-state index in [4.69, 9.17) is 14.2 Å². The average molecular weight is 470 g/mol. The van der Waals surface area contributed by atoms with Crippen molar-refractivity contribution < 1.29 is 23.7 Å². The van der Waals surface area contributed by atoms with E-state index in [1.165, 1.54) is 20.5 Å². The van der Waals surface area contributed by atoms with Gasteiger partial charge >= 0.3 is 5.97 Å². The Kier molecular flexibility index (Phi) is 7.33. The van der Waals surface area contributed by atoms with Crippen LogP contribution in [-0.2, 0) is 14.2 Å². The molecule has 0 amide bonds. The summed E-state index contributed by atoms with van der Waals surface area (Å²) in [7, 11) is 2.82. The number of rotatable bonds is 3. The minimum atomic E-state index is -0.424. The van der Waals surface area contributed by atoms with Gasteiger partial charge in [0.05, 0.1) is 14.2 Å². The first kappa shape index (κ1) is 19.3. The van der Waals surface area contributed by atoms with Crippen molar-refractivity contribution >= 4 is 37.8 Å². The predicted octanol–water partition coefficient (Wildman–Crippen LogP) is 4.81. The second-order valence-corrected chi connectivity index (χ2v) is 6.31. The molecule has 0 fully saturated rings. The molecule has 2 radical (unpaired) electrons. The lowest BCUT2D eigenvalue weighted by atomic mass is 10.2. The minimum absolute atomic E-state index is 0.347. The number of hydrogen-bond donors (Lipinski definition) is 0. The van der Waals surface area contributed by atoms with Crippen LogP contribution >= 0.6 is 31.9 Å². The maximum atomic E-state index is 11.2. The molecule has 0 N–H and O–H groups in total. The third-order valence-corrected chi connectivity index (χ3v) is 4.26. The lowest BCUT2D eigenvalue weighted by Gasteiger charge is -2.10. The van der Waals surface area contributed by atoms with Gasteiger partial charge in [0, 0.05) is 20.6 Å². The third-order valence-electron chi connectivity index (χ3n) is 3.08. The van der Waals surface area contributed by atoms with Crippen LogP contribution in [0.15, 0.2) is 51.6 Å². The normalized spacial score (nSPS) is 12.5. The third kappa shape index (κ3) is 5.24. The summed E-state index contributed by atoms with van der Waals surface area (Å²) in [4.78, 5) is 11.2. The molecule has 1 aliphatic heterocycles. The van der Waals surface area contributed by atoms with Gasteiger partial charge in [-0.25, -0.2) is 4.79 Å². The number of carbonyl (C=O) groups excluding carboxylic acids is 1. The molecule has 25 heavy (non-hydrogen) atoms. The van der Waals surface area contributed by atoms with Crippen LogP contribution in [0.1, 0.15) is 22.2 Å². The summed E-state index contributed by atoms with van der Waals surface area (Å²) >= 11 is 6.61. The Morgan fingerprint density at radius 2 is 2.00 bits per heavy atom. The Labute approximate surface area is 162 Å². The number of carbonyl (C=O) groups is 1. The van der Waals surface area contributed by atoms with Crippen LogP contribution in [-0.4, -0.2) is 20.2 Å². The van der Waals surface area contributed by atoms with E-state index < -0.39 is 5.97 Å². The standard InChI is InChI=1S/C9H8BrO3.C9H6BrO2/c1-12-8-4-3-6(10)5-7(8)9(11)13-2;10-8-4-2-1-3-7(8)9-11-5-6-12-9/h4-5H,1-2H3;1-5,9H. The molecule has 1 atom stereocenters. The lowest BCUT2D eigenvalue weighted by molar-refractivity contribution is -0.0307. The number of benzene rings is 2. The van der Waals surface area contributed by atoms with Crippen molar-refractivity contribution in [3.63, 3.8) is 0 Å². The van der Waals surface area contributed by atoms with Crippen molar-refractivity contribution in [3.8, 4) is 5.75 Å². The van der Waals surface area contributed by atoms with Crippen molar-refractivity contribution in [1.82, 2.24) is 0 Å². The summed E-state index contributed by atoms with van der Waals surface area (Å²) in [5, 5.41) is 0. The average Bonchev–Trinajstić information content (AvgIpc) is 3.16. The Morgan fingerprint density at radius 3 is 2.60 bits per heavy atom. The molecule has 2 aromatic carbocycles. The second-order valence-electron chi connectivity index (χ2n) is 4.60. The molecule has 0 saturated carbocycles. The summed E-state index contributed by atoms with van der Waals surface area (Å²) in [6.45, 7) is 0. The van der Waals surface area contributed by atoms with Crippen molar-refractivity contribution in [2.45, 2.75) is 6.29 Å². The number of halogens is 2. The van der Waals surface area contributed by atoms with Gasteiger partial charge < -0.3 is 18.9 Å². The Bertz CT molecular complexity index is 753. The van der Waals surface area contributed by atoms with Gasteiger partial charge in [0.25, 0.3) is 6.29 Å². The maximum absolute atomic E-state index is 11.2. The molecule has 5 nitrogen and oxygen atoms in total. The number of hydrogen-bond acceptors (Lipinski definition) is 5. The fourth-order valence-corrected chi connectivity index (χ4v) is 2.72. The minimum Gasteiger partial charge on any atom is -0.496 e. The SMILES string of the molecule is Brc1ccccc1C1O[C]=CO1.COC(=O)c1cc(Br)[c]cc1OC. The van der Waals surface area contributed by atoms with Crippen LogP contribution in [0.4, 0.5) is 0 Å². The van der Waals surface area contributed by atoms with Gasteiger partial charge in [0.1, 0.15) is 17.6 Å². The van der Waals surface area contributed by atoms with Crippen LogP contribution < -0.4 is 4.74 Å². The topological polar surface area (TPSA) is 54.0 Å². The zero-order chi connectivity index (χ0) is 18.2. The van der Waals surface area contributed by atoms with Crippen LogP contribution in [0.3, 0.4) is 0 Å². The first-order valence-corrected chi connectivity index (χ1v) is 8.61. The maximum Gasteiger partial charge on any atom is 0.341 e. The van der Waals surface area contributed by atoms with Crippen molar-refractivity contribution in [1.29, 1.82) is 0 Å². The smallest absolute Gasteiger partial charge is 0.341 e. The van der Waals surface area contributed by atoms with Gasteiger partial charge in [-0.05, 0) is 18.2 Å². The summed E-state index contributed by atoms with van der Waals surface area (Å²) < 4.78 is 21.4. The monoisotopic (exact) mass is 468 g/mol. The summed E-state index contributed by atoms with van der Waals surface area (Å²) in [5.41, 5.74) is 1.36. The van der Waals surface area contributed by atoms with Crippen LogP contribution in [0.25, 0.3) is 0 Å². The first-order valence-electron chi connectivity index (χ1n) is 7.03. The van der Waals surface area contributed by atoms with Crippen LogP contribution in [0, 0.1) is 12.3 Å². The summed E-state index contributed by atoms with van der Waals surface area (Å²) in [5.74, 6) is 0.0293. The summed E-state index contributed by atoms with van der Waals surface area (Å²) in [6, 6.07) is 13.8. The van der Waals surface area contributed by atoms with Gasteiger partial charge in [-0.3, -0.25) is 0 Å². The van der Waals surface area contributed by atoms with Crippen LogP contribution in [0.5, 0.6) is 5.75 Å². The molecule has 0 spiro atoms. The quantitative estimate of drug-likeness (QED) is 0.603. The van der Waals surface area contributed by atoms with E-state index in [0.717, 1.165) is 10.0 Å². The molecule has 0 bridgehead atoms. The van der Waals surface area contributed by atoms with E-state index in [0.29, 0.717) is 15.8 Å². The molecule has 1 unspecified atom stereocenters. The van der Waals surface area contributed by atoms with E-state index >= 15 is 0 Å². The highest BCUT2D eigenvalue weighted by molar-refractivity contribution is 9.10. The van der Waals surface area contributed by atoms with Gasteiger partial charge in [0.2, 0.25) is 6.26 Å². The van der Waals surface area contributed by atoms with Crippen molar-refractivity contribution in [2.75, 3.05) is 14.2 Å². The van der Waals surface area contributed by atoms with E-state index in [1.54, 1.807) is 12.1 Å². The zero-order valence-electron chi connectivity index (χ0n) is 13.4. The van der Waals surface area contributed by atoms with E-state index in [9.17, 15) is 4.79 Å². The Hall–Kier alpha value is -1.99. The van der Waals surface area contributed by atoms with Gasteiger partial charge in [-0.15, -0.1) is 0 Å². The van der Waals surface area contributed by atoms with E-state index in [1.807, 2.05) is 24.3 Å². The highest BCUT2D eigenvalue weighted by Crippen LogP contribution is 2.29. The van der Waals surface area contributed by atoms with Gasteiger partial charge in [-0.2, -0.15) is 0 Å². The molecule has 0 aliphatic carbocycles. The van der Waals surface area contributed by atoms with Gasteiger partial charge in [0.15, 0.2) is 0 Å². The molecule has 3 rings (SSSR count). The Balaban J connectivity index is 0.000000181. The molecule has 1 heterocycles. The molecule has 7 heteroatoms. The fourth-order valence-electron chi connectivity index (χ4n) is 1.90. The van der Waals surface area contributed by atoms with Crippen molar-refractivity contribution in [2.24, 2.45) is 0 Å². The number of methoxy groups -OCH3 is 2. The highest BCUT2D eigenvalue weighted by Gasteiger charge is 2.17. The van der Waals surface area contributed by atoms with E-state index in [-0.39, 0.29) is 6.29 Å². The molecule has 0 aromatic heterocycles. The molecule has 1 aliphatic rings. The van der Waals surface area contributed by atoms with Crippen LogP contribution in [0.2, 0.25) is 0 Å². The highest BCUT2D eigenvalue weighted by atomic mass is 79.9. The van der Waals surface area contributed by atoms with E-state index in [2.05, 4.69) is 48.9 Å². The number of ether oxygens (including phenoxy) is 4. The summed E-state index contributed by atoms with van der Waals surface area (Å²) in [6.07, 6.45) is 3.60. The lowest BCUT2D eigenvalue weighted by Crippen LogP contribution is -2.03. The predicted molar refractivity (Wildman–Crippen MR) is 97.7 cm³/mol. The first-order chi connectivity index (χ1) is 12.1. The fraction of sp³-hybridized carbons (Fsp3) is 0.167. The molecule has 130 valence electrons. The van der Waals surface area contributed by atoms with Crippen molar-refractivity contribution in [3.05, 3.63) is 75.1 Å². The Morgan fingerprint density at radius 1 is 1.24 bits per heavy atom. The number of esters is 1. The largest absolute Gasteiger partial charge is 0.496 e. The zero-order valence-corrected chi connectivity index (χ0v) is 16.6. The molecular weight excluding hydrogens is 456 g/mol. The molecule has 0 saturated heterocycles. The molecule has 2 aromatic rings.